The highest BCUT2D eigenvalue weighted by Crippen LogP contribution is 2.33. The van der Waals surface area contributed by atoms with Gasteiger partial charge in [-0.05, 0) is 75.6 Å². The SMILES string of the molecule is CN(C)CCCNc1oc(-c2ccc(Br)cc2)nc1S(=O)(=O)c1ccc(Cl)cc1. The van der Waals surface area contributed by atoms with Crippen LogP contribution in [-0.2, 0) is 9.84 Å². The van der Waals surface area contributed by atoms with Crippen LogP contribution in [0.25, 0.3) is 11.5 Å². The number of anilines is 1. The average molecular weight is 499 g/mol. The van der Waals surface area contributed by atoms with Gasteiger partial charge in [0.25, 0.3) is 0 Å². The van der Waals surface area contributed by atoms with Gasteiger partial charge in [0.05, 0.1) is 4.90 Å². The van der Waals surface area contributed by atoms with E-state index in [0.29, 0.717) is 17.1 Å². The fourth-order valence-corrected chi connectivity index (χ4v) is 4.31. The summed E-state index contributed by atoms with van der Waals surface area (Å²) in [5, 5.41) is 3.41. The van der Waals surface area contributed by atoms with Gasteiger partial charge < -0.3 is 14.6 Å². The molecule has 9 heteroatoms. The largest absolute Gasteiger partial charge is 0.419 e. The van der Waals surface area contributed by atoms with Crippen LogP contribution in [0.3, 0.4) is 0 Å². The molecule has 0 aliphatic rings. The molecule has 29 heavy (non-hydrogen) atoms. The van der Waals surface area contributed by atoms with E-state index in [1.54, 1.807) is 0 Å². The molecular weight excluding hydrogens is 478 g/mol. The summed E-state index contributed by atoms with van der Waals surface area (Å²) in [7, 11) is 0.0844. The molecular formula is C20H21BrClN3O3S. The number of sulfone groups is 1. The van der Waals surface area contributed by atoms with Crippen LogP contribution >= 0.6 is 27.5 Å². The summed E-state index contributed by atoms with van der Waals surface area (Å²) in [6.45, 7) is 1.41. The predicted octanol–water partition coefficient (Wildman–Crippen LogP) is 4.95. The van der Waals surface area contributed by atoms with Crippen LogP contribution in [0.5, 0.6) is 0 Å². The number of oxazole rings is 1. The Morgan fingerprint density at radius 2 is 1.76 bits per heavy atom. The van der Waals surface area contributed by atoms with Crippen LogP contribution in [0.1, 0.15) is 6.42 Å². The van der Waals surface area contributed by atoms with Crippen LogP contribution in [0.2, 0.25) is 5.02 Å². The Labute approximate surface area is 183 Å². The molecule has 0 unspecified atom stereocenters. The molecule has 3 aromatic rings. The van der Waals surface area contributed by atoms with Crippen molar-refractivity contribution < 1.29 is 12.8 Å². The minimum Gasteiger partial charge on any atom is -0.419 e. The number of nitrogens with zero attached hydrogens (tertiary/aromatic N) is 2. The van der Waals surface area contributed by atoms with E-state index in [1.807, 2.05) is 38.4 Å². The fraction of sp³-hybridized carbons (Fsp3) is 0.250. The molecule has 6 nitrogen and oxygen atoms in total. The topological polar surface area (TPSA) is 75.4 Å². The van der Waals surface area contributed by atoms with E-state index in [2.05, 4.69) is 31.1 Å². The lowest BCUT2D eigenvalue weighted by Gasteiger charge is -2.10. The molecule has 0 aliphatic heterocycles. The zero-order valence-electron chi connectivity index (χ0n) is 16.0. The van der Waals surface area contributed by atoms with Gasteiger partial charge in [0.1, 0.15) is 0 Å². The number of rotatable bonds is 8. The molecule has 0 amide bonds. The van der Waals surface area contributed by atoms with Crippen LogP contribution in [0.4, 0.5) is 5.88 Å². The number of benzene rings is 2. The first-order chi connectivity index (χ1) is 13.8. The second-order valence-corrected chi connectivity index (χ2v) is 9.92. The molecule has 1 heterocycles. The van der Waals surface area contributed by atoms with Crippen molar-refractivity contribution in [2.24, 2.45) is 0 Å². The van der Waals surface area contributed by atoms with Crippen molar-refractivity contribution in [2.75, 3.05) is 32.5 Å². The van der Waals surface area contributed by atoms with Gasteiger partial charge in [-0.2, -0.15) is 4.98 Å². The summed E-state index contributed by atoms with van der Waals surface area (Å²) in [5.74, 6) is 0.372. The first-order valence-corrected chi connectivity index (χ1v) is 11.6. The summed E-state index contributed by atoms with van der Waals surface area (Å²) < 4.78 is 33.1. The molecule has 0 fully saturated rings. The Morgan fingerprint density at radius 1 is 1.10 bits per heavy atom. The first-order valence-electron chi connectivity index (χ1n) is 8.93. The fourth-order valence-electron chi connectivity index (χ4n) is 2.64. The number of nitrogens with one attached hydrogen (secondary N) is 1. The average Bonchev–Trinajstić information content (AvgIpc) is 3.11. The number of aromatic nitrogens is 1. The molecule has 0 spiro atoms. The molecule has 3 rings (SSSR count). The third kappa shape index (κ3) is 5.39. The maximum absolute atomic E-state index is 13.2. The third-order valence-electron chi connectivity index (χ3n) is 4.13. The molecule has 0 aliphatic carbocycles. The van der Waals surface area contributed by atoms with Crippen LogP contribution in [0.15, 0.2) is 67.3 Å². The van der Waals surface area contributed by atoms with Crippen molar-refractivity contribution in [3.63, 3.8) is 0 Å². The van der Waals surface area contributed by atoms with Gasteiger partial charge >= 0.3 is 0 Å². The number of hydrogen-bond donors (Lipinski definition) is 1. The van der Waals surface area contributed by atoms with Crippen LogP contribution in [0, 0.1) is 0 Å². The van der Waals surface area contributed by atoms with Crippen molar-refractivity contribution in [2.45, 2.75) is 16.3 Å². The summed E-state index contributed by atoms with van der Waals surface area (Å²) in [5.41, 5.74) is 0.682. The van der Waals surface area contributed by atoms with Crippen molar-refractivity contribution in [1.29, 1.82) is 0 Å². The molecule has 0 saturated heterocycles. The molecule has 0 radical (unpaired) electrons. The first kappa shape index (κ1) is 21.8. The lowest BCUT2D eigenvalue weighted by atomic mass is 10.2. The van der Waals surface area contributed by atoms with Crippen molar-refractivity contribution in [1.82, 2.24) is 9.88 Å². The van der Waals surface area contributed by atoms with E-state index in [1.165, 1.54) is 24.3 Å². The highest BCUT2D eigenvalue weighted by Gasteiger charge is 2.28. The van der Waals surface area contributed by atoms with Crippen molar-refractivity contribution in [3.8, 4) is 11.5 Å². The quantitative estimate of drug-likeness (QED) is 0.443. The molecule has 1 aromatic heterocycles. The molecule has 2 aromatic carbocycles. The summed E-state index contributed by atoms with van der Waals surface area (Å²) in [6.07, 6.45) is 0.821. The van der Waals surface area contributed by atoms with E-state index in [0.717, 1.165) is 17.4 Å². The minimum absolute atomic E-state index is 0.105. The van der Waals surface area contributed by atoms with Gasteiger partial charge in [0, 0.05) is 21.6 Å². The Hall–Kier alpha value is -1.87. The maximum Gasteiger partial charge on any atom is 0.233 e. The maximum atomic E-state index is 13.2. The highest BCUT2D eigenvalue weighted by atomic mass is 79.9. The van der Waals surface area contributed by atoms with Gasteiger partial charge in [0.15, 0.2) is 0 Å². The van der Waals surface area contributed by atoms with Gasteiger partial charge in [-0.1, -0.05) is 27.5 Å². The van der Waals surface area contributed by atoms with Crippen LogP contribution in [-0.4, -0.2) is 45.5 Å². The van der Waals surface area contributed by atoms with Crippen LogP contribution < -0.4 is 5.32 Å². The van der Waals surface area contributed by atoms with Gasteiger partial charge in [-0.25, -0.2) is 8.42 Å². The smallest absolute Gasteiger partial charge is 0.233 e. The number of hydrogen-bond acceptors (Lipinski definition) is 6. The Kier molecular flexibility index (Phi) is 7.00. The summed E-state index contributed by atoms with van der Waals surface area (Å²) in [6, 6.07) is 13.3. The minimum atomic E-state index is -3.88. The van der Waals surface area contributed by atoms with Crippen molar-refractivity contribution >= 4 is 43.3 Å². The highest BCUT2D eigenvalue weighted by molar-refractivity contribution is 9.10. The Bertz CT molecular complexity index is 1070. The molecule has 0 bridgehead atoms. The molecule has 1 N–H and O–H groups in total. The van der Waals surface area contributed by atoms with E-state index >= 15 is 0 Å². The predicted molar refractivity (Wildman–Crippen MR) is 118 cm³/mol. The van der Waals surface area contributed by atoms with E-state index in [9.17, 15) is 8.42 Å². The van der Waals surface area contributed by atoms with E-state index in [4.69, 9.17) is 16.0 Å². The lowest BCUT2D eigenvalue weighted by molar-refractivity contribution is 0.404. The third-order valence-corrected chi connectivity index (χ3v) is 6.59. The normalized spacial score (nSPS) is 11.8. The van der Waals surface area contributed by atoms with Gasteiger partial charge in [-0.15, -0.1) is 0 Å². The summed E-state index contributed by atoms with van der Waals surface area (Å²) in [4.78, 5) is 6.48. The number of halogens is 2. The van der Waals surface area contributed by atoms with Gasteiger partial charge in [-0.3, -0.25) is 0 Å². The zero-order valence-corrected chi connectivity index (χ0v) is 19.2. The monoisotopic (exact) mass is 497 g/mol. The Balaban J connectivity index is 1.98. The summed E-state index contributed by atoms with van der Waals surface area (Å²) >= 11 is 9.28. The molecule has 154 valence electrons. The van der Waals surface area contributed by atoms with Crippen molar-refractivity contribution in [3.05, 3.63) is 58.0 Å². The second-order valence-electron chi connectivity index (χ2n) is 6.70. The lowest BCUT2D eigenvalue weighted by Crippen LogP contribution is -2.17. The Morgan fingerprint density at radius 3 is 2.38 bits per heavy atom. The van der Waals surface area contributed by atoms with Gasteiger partial charge in [0.2, 0.25) is 26.6 Å². The zero-order chi connectivity index (χ0) is 21.0. The molecule has 0 atom stereocenters. The van der Waals surface area contributed by atoms with E-state index in [-0.39, 0.29) is 21.7 Å². The molecule has 0 saturated carbocycles. The standard InChI is InChI=1S/C20H21BrClN3O3S/c1-25(2)13-3-12-23-19-20(29(26,27)17-10-8-16(22)9-11-17)24-18(28-19)14-4-6-15(21)7-5-14/h4-11,23H,3,12-13H2,1-2H3. The second kappa shape index (κ2) is 9.30. The van der Waals surface area contributed by atoms with E-state index < -0.39 is 9.84 Å².